The number of aromatic nitrogens is 2. The molecule has 2 unspecified atom stereocenters. The lowest BCUT2D eigenvalue weighted by Gasteiger charge is -2.40. The maximum atomic E-state index is 13.8. The number of benzene rings is 2. The number of ether oxygens (including phenoxy) is 1. The fraction of sp³-hybridized carbons (Fsp3) is 0.357. The van der Waals surface area contributed by atoms with Gasteiger partial charge in [0, 0.05) is 30.7 Å². The van der Waals surface area contributed by atoms with Crippen molar-refractivity contribution in [1.29, 1.82) is 0 Å². The lowest BCUT2D eigenvalue weighted by molar-refractivity contribution is -0.177. The third kappa shape index (κ3) is 3.64. The van der Waals surface area contributed by atoms with Crippen LogP contribution in [0.25, 0.3) is 21.8 Å². The number of amides is 1. The van der Waals surface area contributed by atoms with Crippen LogP contribution in [0.2, 0.25) is 5.02 Å². The number of primary amides is 1. The van der Waals surface area contributed by atoms with Gasteiger partial charge in [-0.05, 0) is 49.4 Å². The fourth-order valence-corrected chi connectivity index (χ4v) is 6.46. The molecule has 2 heterocycles. The Hall–Kier alpha value is -3.69. The first-order valence-electron chi connectivity index (χ1n) is 12.6. The number of carbonyl (C=O) groups excluding carboxylic acids is 2. The Morgan fingerprint density at radius 2 is 1.84 bits per heavy atom. The van der Waals surface area contributed by atoms with E-state index in [2.05, 4.69) is 5.16 Å². The molecular formula is C28H27ClN4O5. The maximum Gasteiger partial charge on any atom is 0.327 e. The van der Waals surface area contributed by atoms with Crippen molar-refractivity contribution < 1.29 is 18.8 Å². The number of pyridine rings is 1. The minimum atomic E-state index is -1.61. The van der Waals surface area contributed by atoms with Crippen LogP contribution < -0.4 is 17.0 Å². The zero-order valence-electron chi connectivity index (χ0n) is 20.8. The quantitative estimate of drug-likeness (QED) is 0.381. The van der Waals surface area contributed by atoms with Crippen LogP contribution in [-0.4, -0.2) is 32.7 Å². The van der Waals surface area contributed by atoms with E-state index < -0.39 is 29.1 Å². The van der Waals surface area contributed by atoms with E-state index in [0.29, 0.717) is 58.3 Å². The summed E-state index contributed by atoms with van der Waals surface area (Å²) in [7, 11) is 0. The molecule has 2 aliphatic rings. The van der Waals surface area contributed by atoms with Gasteiger partial charge >= 0.3 is 5.97 Å². The number of hydrogen-bond acceptors (Lipinski definition) is 7. The van der Waals surface area contributed by atoms with Crippen molar-refractivity contribution in [2.75, 3.05) is 0 Å². The molecule has 2 aliphatic carbocycles. The molecule has 0 saturated heterocycles. The van der Waals surface area contributed by atoms with Gasteiger partial charge in [-0.2, -0.15) is 0 Å². The van der Waals surface area contributed by atoms with Crippen LogP contribution in [0.1, 0.15) is 48.6 Å². The summed E-state index contributed by atoms with van der Waals surface area (Å²) >= 11 is 6.56. The molecule has 9 nitrogen and oxygen atoms in total. The van der Waals surface area contributed by atoms with Gasteiger partial charge in [0.25, 0.3) is 11.5 Å². The van der Waals surface area contributed by atoms with E-state index in [0.717, 1.165) is 11.1 Å². The highest BCUT2D eigenvalue weighted by Crippen LogP contribution is 2.42. The number of aryl methyl sites for hydroxylation is 1. The van der Waals surface area contributed by atoms with Gasteiger partial charge in [0.05, 0.1) is 10.5 Å². The topological polar surface area (TPSA) is 143 Å². The molecule has 0 spiro atoms. The average Bonchev–Trinajstić information content (AvgIpc) is 3.44. The Labute approximate surface area is 222 Å². The summed E-state index contributed by atoms with van der Waals surface area (Å²) in [5, 5.41) is 5.41. The molecule has 6 rings (SSSR count). The highest BCUT2D eigenvalue weighted by molar-refractivity contribution is 6.37. The molecule has 0 bridgehead atoms. The number of nitrogens with two attached hydrogens (primary N) is 2. The van der Waals surface area contributed by atoms with Crippen LogP contribution in [0.3, 0.4) is 0 Å². The lowest BCUT2D eigenvalue weighted by Crippen LogP contribution is -2.58. The Balaban J connectivity index is 1.40. The first-order chi connectivity index (χ1) is 18.1. The summed E-state index contributed by atoms with van der Waals surface area (Å²) in [6, 6.07) is 12.4. The van der Waals surface area contributed by atoms with Crippen molar-refractivity contribution >= 4 is 45.3 Å². The van der Waals surface area contributed by atoms with Crippen molar-refractivity contribution in [2.45, 2.75) is 62.6 Å². The van der Waals surface area contributed by atoms with Crippen molar-refractivity contribution in [3.63, 3.8) is 0 Å². The molecule has 196 valence electrons. The van der Waals surface area contributed by atoms with E-state index in [9.17, 15) is 14.4 Å². The second-order valence-corrected chi connectivity index (χ2v) is 11.0. The summed E-state index contributed by atoms with van der Waals surface area (Å²) in [5.41, 5.74) is 12.1. The Bertz CT molecular complexity index is 1670. The first kappa shape index (κ1) is 24.6. The van der Waals surface area contributed by atoms with Crippen LogP contribution in [-0.2, 0) is 27.2 Å². The zero-order valence-corrected chi connectivity index (χ0v) is 21.6. The summed E-state index contributed by atoms with van der Waals surface area (Å²) in [4.78, 5) is 40.2. The van der Waals surface area contributed by atoms with Crippen LogP contribution in [0, 0.1) is 6.92 Å². The average molecular weight is 535 g/mol. The van der Waals surface area contributed by atoms with Gasteiger partial charge in [-0.1, -0.05) is 47.1 Å². The molecule has 1 amide bonds. The SMILES string of the molecule is Cc1onc2c1c(=O)n(C1CCCC(OC(=O)C3(N)Cc4ccccc4C3)(C(N)=O)C1)c1cccc(Cl)c21. The smallest absolute Gasteiger partial charge is 0.327 e. The largest absolute Gasteiger partial charge is 0.447 e. The van der Waals surface area contributed by atoms with Crippen LogP contribution >= 0.6 is 11.6 Å². The number of hydrogen-bond donors (Lipinski definition) is 2. The van der Waals surface area contributed by atoms with Crippen molar-refractivity contribution in [3.8, 4) is 0 Å². The highest BCUT2D eigenvalue weighted by atomic mass is 35.5. The lowest BCUT2D eigenvalue weighted by atomic mass is 9.80. The maximum absolute atomic E-state index is 13.8. The molecule has 1 fully saturated rings. The molecule has 38 heavy (non-hydrogen) atoms. The summed E-state index contributed by atoms with van der Waals surface area (Å²) in [5.74, 6) is -1.05. The third-order valence-corrected chi connectivity index (χ3v) is 8.42. The highest BCUT2D eigenvalue weighted by Gasteiger charge is 2.50. The number of esters is 1. The molecular weight excluding hydrogens is 508 g/mol. The Morgan fingerprint density at radius 3 is 2.53 bits per heavy atom. The van der Waals surface area contributed by atoms with Crippen molar-refractivity contribution in [3.05, 3.63) is 74.7 Å². The van der Waals surface area contributed by atoms with Crippen LogP contribution in [0.5, 0.6) is 0 Å². The van der Waals surface area contributed by atoms with E-state index in [1.807, 2.05) is 24.3 Å². The summed E-state index contributed by atoms with van der Waals surface area (Å²) < 4.78 is 12.9. The number of fused-ring (bicyclic) bond motifs is 4. The normalized spacial score (nSPS) is 22.4. The molecule has 0 aliphatic heterocycles. The van der Waals surface area contributed by atoms with Gasteiger partial charge in [-0.3, -0.25) is 9.59 Å². The molecule has 2 aromatic heterocycles. The van der Waals surface area contributed by atoms with E-state index in [1.165, 1.54) is 0 Å². The first-order valence-corrected chi connectivity index (χ1v) is 13.0. The Kier molecular flexibility index (Phi) is 5.62. The van der Waals surface area contributed by atoms with Crippen molar-refractivity contribution in [1.82, 2.24) is 9.72 Å². The molecule has 0 radical (unpaired) electrons. The molecule has 4 N–H and O–H groups in total. The van der Waals surface area contributed by atoms with E-state index in [1.54, 1.807) is 29.7 Å². The number of rotatable bonds is 4. The molecule has 10 heteroatoms. The predicted octanol–water partition coefficient (Wildman–Crippen LogP) is 3.48. The molecule has 4 aromatic rings. The van der Waals surface area contributed by atoms with Gasteiger partial charge in [0.15, 0.2) is 5.60 Å². The second-order valence-electron chi connectivity index (χ2n) is 10.5. The van der Waals surface area contributed by atoms with Gasteiger partial charge in [0.2, 0.25) is 0 Å². The summed E-state index contributed by atoms with van der Waals surface area (Å²) in [6.07, 6.45) is 1.99. The minimum absolute atomic E-state index is 0.0362. The van der Waals surface area contributed by atoms with Gasteiger partial charge < -0.3 is 25.3 Å². The van der Waals surface area contributed by atoms with Crippen LogP contribution in [0.15, 0.2) is 51.8 Å². The van der Waals surface area contributed by atoms with Gasteiger partial charge in [-0.15, -0.1) is 0 Å². The van der Waals surface area contributed by atoms with Gasteiger partial charge in [-0.25, -0.2) is 4.79 Å². The molecule has 2 aromatic carbocycles. The molecule has 2 atom stereocenters. The molecule has 1 saturated carbocycles. The van der Waals surface area contributed by atoms with Crippen molar-refractivity contribution in [2.24, 2.45) is 11.5 Å². The van der Waals surface area contributed by atoms with Crippen LogP contribution in [0.4, 0.5) is 0 Å². The zero-order chi connectivity index (χ0) is 26.8. The fourth-order valence-electron chi connectivity index (χ4n) is 6.20. The van der Waals surface area contributed by atoms with E-state index in [-0.39, 0.29) is 18.4 Å². The van der Waals surface area contributed by atoms with E-state index >= 15 is 0 Å². The number of carbonyl (C=O) groups is 2. The Morgan fingerprint density at radius 1 is 1.13 bits per heavy atom. The monoisotopic (exact) mass is 534 g/mol. The van der Waals surface area contributed by atoms with Gasteiger partial charge in [0.1, 0.15) is 22.2 Å². The number of nitrogens with zero attached hydrogens (tertiary/aromatic N) is 2. The predicted molar refractivity (Wildman–Crippen MR) is 142 cm³/mol. The number of halogens is 1. The second kappa shape index (κ2) is 8.68. The van der Waals surface area contributed by atoms with E-state index in [4.69, 9.17) is 32.3 Å². The third-order valence-electron chi connectivity index (χ3n) is 8.11. The standard InChI is InChI=1S/C28H27ClN4O5/c1-15-21-23(32-38-15)22-19(29)9-4-10-20(22)33(24(21)34)18-8-5-11-28(14-18,25(30)35)37-26(36)27(31)12-16-6-2-3-7-17(16)13-27/h2-4,6-7,9-10,18H,5,8,11-14,31H2,1H3,(H2,30,35). The summed E-state index contributed by atoms with van der Waals surface area (Å²) in [6.45, 7) is 1.67. The minimum Gasteiger partial charge on any atom is -0.447 e.